The van der Waals surface area contributed by atoms with Gasteiger partial charge in [0, 0.05) is 27.2 Å². The van der Waals surface area contributed by atoms with E-state index in [1.54, 1.807) is 14.1 Å². The first-order valence-electron chi connectivity index (χ1n) is 6.68. The van der Waals surface area contributed by atoms with Crippen molar-refractivity contribution >= 4 is 10.0 Å². The van der Waals surface area contributed by atoms with Crippen LogP contribution >= 0.6 is 0 Å². The lowest BCUT2D eigenvalue weighted by atomic mass is 10.2. The van der Waals surface area contributed by atoms with Crippen LogP contribution < -0.4 is 10.1 Å². The predicted octanol–water partition coefficient (Wildman–Crippen LogP) is 1.45. The molecular formula is C14H24N2O3S. The summed E-state index contributed by atoms with van der Waals surface area (Å²) in [4.78, 5) is 0. The van der Waals surface area contributed by atoms with Crippen molar-refractivity contribution in [3.05, 3.63) is 29.8 Å². The summed E-state index contributed by atoms with van der Waals surface area (Å²) < 4.78 is 30.0. The van der Waals surface area contributed by atoms with Gasteiger partial charge in [-0.3, -0.25) is 0 Å². The van der Waals surface area contributed by atoms with Crippen molar-refractivity contribution in [2.75, 3.05) is 26.4 Å². The number of nitrogens with one attached hydrogen (secondary N) is 1. The molecule has 1 rings (SSSR count). The molecule has 20 heavy (non-hydrogen) atoms. The summed E-state index contributed by atoms with van der Waals surface area (Å²) in [6, 6.07) is 7.80. The first-order chi connectivity index (χ1) is 9.31. The predicted molar refractivity (Wildman–Crippen MR) is 81.4 cm³/mol. The molecule has 0 aliphatic heterocycles. The zero-order chi connectivity index (χ0) is 15.2. The van der Waals surface area contributed by atoms with Gasteiger partial charge in [-0.1, -0.05) is 12.1 Å². The fraction of sp³-hybridized carbons (Fsp3) is 0.571. The highest BCUT2D eigenvalue weighted by Crippen LogP contribution is 2.14. The Morgan fingerprint density at radius 3 is 2.60 bits per heavy atom. The molecule has 0 spiro atoms. The van der Waals surface area contributed by atoms with E-state index in [-0.39, 0.29) is 11.9 Å². The highest BCUT2D eigenvalue weighted by molar-refractivity contribution is 7.89. The van der Waals surface area contributed by atoms with Gasteiger partial charge in [-0.25, -0.2) is 12.7 Å². The van der Waals surface area contributed by atoms with Gasteiger partial charge in [0.25, 0.3) is 0 Å². The van der Waals surface area contributed by atoms with Crippen LogP contribution in [0.15, 0.2) is 24.3 Å². The molecule has 0 aromatic heterocycles. The maximum Gasteiger partial charge on any atom is 0.214 e. The fourth-order valence-electron chi connectivity index (χ4n) is 1.62. The van der Waals surface area contributed by atoms with Gasteiger partial charge in [0.15, 0.2) is 0 Å². The third-order valence-corrected chi connectivity index (χ3v) is 4.53. The summed E-state index contributed by atoms with van der Waals surface area (Å²) in [7, 11) is -0.0431. The lowest BCUT2D eigenvalue weighted by molar-refractivity contribution is 0.242. The number of hydrogen-bond acceptors (Lipinski definition) is 4. The van der Waals surface area contributed by atoms with E-state index in [1.807, 2.05) is 38.1 Å². The molecule has 114 valence electrons. The van der Waals surface area contributed by atoms with Gasteiger partial charge in [0.05, 0.1) is 11.9 Å². The van der Waals surface area contributed by atoms with Crippen molar-refractivity contribution in [2.45, 2.75) is 26.5 Å². The number of rotatable bonds is 8. The van der Waals surface area contributed by atoms with Crippen molar-refractivity contribution in [2.24, 2.45) is 0 Å². The fourth-order valence-corrected chi connectivity index (χ4v) is 2.38. The molecule has 0 amide bonds. The zero-order valence-electron chi connectivity index (χ0n) is 12.6. The first-order valence-corrected chi connectivity index (χ1v) is 8.28. The molecule has 0 saturated heterocycles. The molecular weight excluding hydrogens is 276 g/mol. The van der Waals surface area contributed by atoms with Crippen LogP contribution in [0.4, 0.5) is 0 Å². The van der Waals surface area contributed by atoms with Crippen LogP contribution in [0.3, 0.4) is 0 Å². The van der Waals surface area contributed by atoms with Gasteiger partial charge in [-0.2, -0.15) is 0 Å². The minimum absolute atomic E-state index is 0.0994. The average Bonchev–Trinajstić information content (AvgIpc) is 2.34. The lowest BCUT2D eigenvalue weighted by Crippen LogP contribution is -2.31. The molecule has 0 heterocycles. The van der Waals surface area contributed by atoms with E-state index >= 15 is 0 Å². The van der Waals surface area contributed by atoms with Crippen molar-refractivity contribution in [1.82, 2.24) is 9.62 Å². The molecule has 0 fully saturated rings. The molecule has 0 saturated carbocycles. The summed E-state index contributed by atoms with van der Waals surface area (Å²) in [5.74, 6) is 0.933. The van der Waals surface area contributed by atoms with Crippen molar-refractivity contribution in [3.63, 3.8) is 0 Å². The van der Waals surface area contributed by atoms with E-state index in [9.17, 15) is 8.42 Å². The number of hydrogen-bond donors (Lipinski definition) is 1. The molecule has 5 nitrogen and oxygen atoms in total. The Bertz CT molecular complexity index is 513. The second-order valence-electron chi connectivity index (χ2n) is 5.09. The highest BCUT2D eigenvalue weighted by Gasteiger charge is 2.12. The van der Waals surface area contributed by atoms with Crippen molar-refractivity contribution in [1.29, 1.82) is 0 Å². The number of ether oxygens (including phenoxy) is 1. The van der Waals surface area contributed by atoms with Crippen LogP contribution in [0.1, 0.15) is 19.4 Å². The van der Waals surface area contributed by atoms with Gasteiger partial charge in [0.1, 0.15) is 5.75 Å². The monoisotopic (exact) mass is 300 g/mol. The zero-order valence-corrected chi connectivity index (χ0v) is 13.4. The number of benzene rings is 1. The quantitative estimate of drug-likeness (QED) is 0.738. The Morgan fingerprint density at radius 1 is 1.30 bits per heavy atom. The van der Waals surface area contributed by atoms with Crippen LogP contribution in [0.5, 0.6) is 5.75 Å². The standard InChI is InChI=1S/C14H24N2O3S/c1-12(2)19-14-7-5-6-13(10-14)11-15-8-9-20(17,18)16(3)4/h5-7,10,12,15H,8-9,11H2,1-4H3. The summed E-state index contributed by atoms with van der Waals surface area (Å²) in [5, 5.41) is 3.13. The summed E-state index contributed by atoms with van der Waals surface area (Å²) in [6.45, 7) is 5.02. The Labute approximate surface area is 122 Å². The number of nitrogens with zero attached hydrogens (tertiary/aromatic N) is 1. The molecule has 1 aromatic rings. The molecule has 0 unspecified atom stereocenters. The van der Waals surface area contributed by atoms with Crippen LogP contribution in [-0.2, 0) is 16.6 Å². The van der Waals surface area contributed by atoms with Crippen LogP contribution in [0.2, 0.25) is 0 Å². The largest absolute Gasteiger partial charge is 0.491 e. The molecule has 0 radical (unpaired) electrons. The molecule has 1 N–H and O–H groups in total. The van der Waals surface area contributed by atoms with E-state index in [4.69, 9.17) is 4.74 Å². The van der Waals surface area contributed by atoms with Gasteiger partial charge in [-0.15, -0.1) is 0 Å². The Kier molecular flexibility index (Phi) is 6.45. The van der Waals surface area contributed by atoms with E-state index in [2.05, 4.69) is 5.32 Å². The SMILES string of the molecule is CC(C)Oc1cccc(CNCCS(=O)(=O)N(C)C)c1. The smallest absolute Gasteiger partial charge is 0.214 e. The summed E-state index contributed by atoms with van der Waals surface area (Å²) in [6.07, 6.45) is 0.142. The van der Waals surface area contributed by atoms with Crippen LogP contribution in [0.25, 0.3) is 0 Å². The average molecular weight is 300 g/mol. The Morgan fingerprint density at radius 2 is 2.00 bits per heavy atom. The highest BCUT2D eigenvalue weighted by atomic mass is 32.2. The minimum Gasteiger partial charge on any atom is -0.491 e. The second kappa shape index (κ2) is 7.61. The maximum absolute atomic E-state index is 11.6. The third kappa shape index (κ3) is 5.90. The molecule has 6 heteroatoms. The molecule has 0 atom stereocenters. The van der Waals surface area contributed by atoms with E-state index in [0.717, 1.165) is 11.3 Å². The van der Waals surface area contributed by atoms with Gasteiger partial charge in [-0.05, 0) is 31.5 Å². The molecule has 1 aromatic carbocycles. The van der Waals surface area contributed by atoms with Crippen molar-refractivity contribution < 1.29 is 13.2 Å². The van der Waals surface area contributed by atoms with E-state index in [1.165, 1.54) is 4.31 Å². The topological polar surface area (TPSA) is 58.6 Å². The molecule has 0 aliphatic rings. The van der Waals surface area contributed by atoms with Gasteiger partial charge < -0.3 is 10.1 Å². The Balaban J connectivity index is 2.43. The Hall–Kier alpha value is -1.11. The first kappa shape index (κ1) is 16.9. The summed E-state index contributed by atoms with van der Waals surface area (Å²) >= 11 is 0. The maximum atomic E-state index is 11.6. The van der Waals surface area contributed by atoms with Gasteiger partial charge in [0.2, 0.25) is 10.0 Å². The lowest BCUT2D eigenvalue weighted by Gasteiger charge is -2.13. The normalized spacial score (nSPS) is 12.1. The van der Waals surface area contributed by atoms with Crippen LogP contribution in [0, 0.1) is 0 Å². The minimum atomic E-state index is -3.13. The van der Waals surface area contributed by atoms with Gasteiger partial charge >= 0.3 is 0 Å². The van der Waals surface area contributed by atoms with Crippen molar-refractivity contribution in [3.8, 4) is 5.75 Å². The number of sulfonamides is 1. The van der Waals surface area contributed by atoms with E-state index in [0.29, 0.717) is 13.1 Å². The van der Waals surface area contributed by atoms with Crippen LogP contribution in [-0.4, -0.2) is 45.2 Å². The third-order valence-electron chi connectivity index (χ3n) is 2.69. The molecule has 0 bridgehead atoms. The second-order valence-corrected chi connectivity index (χ2v) is 7.39. The molecule has 0 aliphatic carbocycles. The van der Waals surface area contributed by atoms with E-state index < -0.39 is 10.0 Å². The summed E-state index contributed by atoms with van der Waals surface area (Å²) in [5.41, 5.74) is 1.07.